The van der Waals surface area contributed by atoms with E-state index in [2.05, 4.69) is 0 Å². The fraction of sp³-hybridized carbons (Fsp3) is 0.417. The first-order valence-corrected chi connectivity index (χ1v) is 5.11. The van der Waals surface area contributed by atoms with Crippen LogP contribution in [0.2, 0.25) is 0 Å². The number of nitrogens with zero attached hydrogens (tertiary/aromatic N) is 2. The van der Waals surface area contributed by atoms with E-state index < -0.39 is 0 Å². The third-order valence-electron chi connectivity index (χ3n) is 2.24. The molecule has 82 valence electrons. The van der Waals surface area contributed by atoms with Crippen LogP contribution in [-0.2, 0) is 0 Å². The van der Waals surface area contributed by atoms with Gasteiger partial charge in [0.05, 0.1) is 0 Å². The summed E-state index contributed by atoms with van der Waals surface area (Å²) in [5.74, 6) is 0. The molecule has 3 nitrogen and oxygen atoms in total. The van der Waals surface area contributed by atoms with Crippen molar-refractivity contribution in [3.8, 4) is 0 Å². The summed E-state index contributed by atoms with van der Waals surface area (Å²) >= 11 is 0. The summed E-state index contributed by atoms with van der Waals surface area (Å²) in [6.45, 7) is 4.68. The minimum absolute atomic E-state index is 0.0168. The van der Waals surface area contributed by atoms with Crippen LogP contribution in [0.5, 0.6) is 0 Å². The van der Waals surface area contributed by atoms with Crippen LogP contribution in [-0.4, -0.2) is 31.6 Å². The van der Waals surface area contributed by atoms with E-state index in [0.29, 0.717) is 6.54 Å². The molecule has 0 aliphatic heterocycles. The van der Waals surface area contributed by atoms with Crippen LogP contribution in [0, 0.1) is 6.92 Å². The molecule has 0 radical (unpaired) electrons. The Morgan fingerprint density at radius 1 is 1.33 bits per heavy atom. The molecule has 0 atom stereocenters. The Morgan fingerprint density at radius 3 is 2.47 bits per heavy atom. The summed E-state index contributed by atoms with van der Waals surface area (Å²) in [6, 6.07) is 7.99. The maximum atomic E-state index is 11.8. The number of benzene rings is 1. The molecule has 1 aromatic carbocycles. The van der Waals surface area contributed by atoms with Crippen molar-refractivity contribution in [3.05, 3.63) is 29.8 Å². The normalized spacial score (nSPS) is 9.87. The lowest BCUT2D eigenvalue weighted by Gasteiger charge is -2.25. The zero-order chi connectivity index (χ0) is 11.4. The van der Waals surface area contributed by atoms with Gasteiger partial charge in [0.2, 0.25) is 0 Å². The molecule has 0 fully saturated rings. The smallest absolute Gasteiger partial charge is 0.323 e. The monoisotopic (exact) mass is 206 g/mol. The number of hydrogen-bond donors (Lipinski definition) is 0. The largest absolute Gasteiger partial charge is 0.330 e. The summed E-state index contributed by atoms with van der Waals surface area (Å²) in [5.41, 5.74) is 2.12. The molecule has 0 spiro atoms. The van der Waals surface area contributed by atoms with Crippen molar-refractivity contribution in [2.24, 2.45) is 0 Å². The van der Waals surface area contributed by atoms with Gasteiger partial charge in [0.15, 0.2) is 0 Å². The molecule has 0 bridgehead atoms. The molecule has 0 heterocycles. The number of aryl methyl sites for hydroxylation is 1. The highest BCUT2D eigenvalue weighted by atomic mass is 16.2. The first-order chi connectivity index (χ1) is 7.06. The van der Waals surface area contributed by atoms with Gasteiger partial charge in [-0.2, -0.15) is 0 Å². The molecule has 0 saturated heterocycles. The van der Waals surface area contributed by atoms with Crippen LogP contribution in [0.1, 0.15) is 12.5 Å². The van der Waals surface area contributed by atoms with Gasteiger partial charge in [0, 0.05) is 26.3 Å². The van der Waals surface area contributed by atoms with Gasteiger partial charge in [-0.25, -0.2) is 4.79 Å². The molecule has 2 amide bonds. The number of anilines is 1. The first-order valence-electron chi connectivity index (χ1n) is 5.11. The van der Waals surface area contributed by atoms with Crippen LogP contribution >= 0.6 is 0 Å². The van der Waals surface area contributed by atoms with E-state index >= 15 is 0 Å². The van der Waals surface area contributed by atoms with E-state index in [1.54, 1.807) is 23.9 Å². The standard InChI is InChI=1S/C12H18N2O/c1-5-14(12(15)13(3)4)11-8-6-7-10(2)9-11/h6-9H,5H2,1-4H3. The van der Waals surface area contributed by atoms with E-state index in [1.807, 2.05) is 38.1 Å². The van der Waals surface area contributed by atoms with Crippen molar-refractivity contribution in [3.63, 3.8) is 0 Å². The van der Waals surface area contributed by atoms with Crippen molar-refractivity contribution in [1.29, 1.82) is 0 Å². The summed E-state index contributed by atoms with van der Waals surface area (Å²) in [7, 11) is 3.53. The van der Waals surface area contributed by atoms with Crippen molar-refractivity contribution in [1.82, 2.24) is 4.90 Å². The lowest BCUT2D eigenvalue weighted by atomic mass is 10.2. The van der Waals surface area contributed by atoms with Gasteiger partial charge in [-0.05, 0) is 31.5 Å². The maximum absolute atomic E-state index is 11.8. The van der Waals surface area contributed by atoms with Crippen LogP contribution in [0.15, 0.2) is 24.3 Å². The molecular weight excluding hydrogens is 188 g/mol. The van der Waals surface area contributed by atoms with Crippen molar-refractivity contribution >= 4 is 11.7 Å². The zero-order valence-corrected chi connectivity index (χ0v) is 9.82. The Kier molecular flexibility index (Phi) is 3.72. The third kappa shape index (κ3) is 2.72. The molecular formula is C12H18N2O. The highest BCUT2D eigenvalue weighted by Gasteiger charge is 2.14. The van der Waals surface area contributed by atoms with Crippen LogP contribution in [0.25, 0.3) is 0 Å². The van der Waals surface area contributed by atoms with E-state index in [-0.39, 0.29) is 6.03 Å². The van der Waals surface area contributed by atoms with E-state index in [1.165, 1.54) is 0 Å². The van der Waals surface area contributed by atoms with Crippen molar-refractivity contribution in [2.45, 2.75) is 13.8 Å². The SMILES string of the molecule is CCN(C(=O)N(C)C)c1cccc(C)c1. The lowest BCUT2D eigenvalue weighted by Crippen LogP contribution is -2.39. The molecule has 0 aliphatic carbocycles. The van der Waals surface area contributed by atoms with Crippen molar-refractivity contribution in [2.75, 3.05) is 25.5 Å². The average Bonchev–Trinajstić information content (AvgIpc) is 2.18. The Labute approximate surface area is 91.3 Å². The Balaban J connectivity index is 2.97. The molecule has 0 aliphatic rings. The number of amides is 2. The molecule has 0 N–H and O–H groups in total. The lowest BCUT2D eigenvalue weighted by molar-refractivity contribution is 0.224. The van der Waals surface area contributed by atoms with Gasteiger partial charge in [0.25, 0.3) is 0 Å². The first kappa shape index (κ1) is 11.6. The predicted octanol–water partition coefficient (Wildman–Crippen LogP) is 2.50. The number of carbonyl (C=O) groups excluding carboxylic acids is 1. The van der Waals surface area contributed by atoms with Gasteiger partial charge < -0.3 is 4.90 Å². The van der Waals surface area contributed by atoms with E-state index in [0.717, 1.165) is 11.3 Å². The summed E-state index contributed by atoms with van der Waals surface area (Å²) in [4.78, 5) is 15.2. The molecule has 1 aromatic rings. The molecule has 1 rings (SSSR count). The van der Waals surface area contributed by atoms with Gasteiger partial charge in [-0.1, -0.05) is 12.1 Å². The molecule has 15 heavy (non-hydrogen) atoms. The summed E-state index contributed by atoms with van der Waals surface area (Å²) in [5, 5.41) is 0. The highest BCUT2D eigenvalue weighted by Crippen LogP contribution is 2.16. The highest BCUT2D eigenvalue weighted by molar-refractivity contribution is 5.91. The van der Waals surface area contributed by atoms with E-state index in [9.17, 15) is 4.79 Å². The average molecular weight is 206 g/mol. The van der Waals surface area contributed by atoms with E-state index in [4.69, 9.17) is 0 Å². The van der Waals surface area contributed by atoms with Crippen LogP contribution < -0.4 is 4.90 Å². The predicted molar refractivity (Wildman–Crippen MR) is 63.3 cm³/mol. The third-order valence-corrected chi connectivity index (χ3v) is 2.24. The number of rotatable bonds is 2. The van der Waals surface area contributed by atoms with Crippen molar-refractivity contribution < 1.29 is 4.79 Å². The second-order valence-corrected chi connectivity index (χ2v) is 3.76. The topological polar surface area (TPSA) is 23.6 Å². The maximum Gasteiger partial charge on any atom is 0.323 e. The zero-order valence-electron chi connectivity index (χ0n) is 9.82. The van der Waals surface area contributed by atoms with Gasteiger partial charge in [-0.3, -0.25) is 4.90 Å². The van der Waals surface area contributed by atoms with Gasteiger partial charge in [0.1, 0.15) is 0 Å². The second kappa shape index (κ2) is 4.82. The van der Waals surface area contributed by atoms with Crippen LogP contribution in [0.4, 0.5) is 10.5 Å². The Hall–Kier alpha value is -1.51. The van der Waals surface area contributed by atoms with Crippen LogP contribution in [0.3, 0.4) is 0 Å². The molecule has 0 aromatic heterocycles. The van der Waals surface area contributed by atoms with Gasteiger partial charge in [-0.15, -0.1) is 0 Å². The fourth-order valence-corrected chi connectivity index (χ4v) is 1.47. The van der Waals surface area contributed by atoms with Gasteiger partial charge >= 0.3 is 6.03 Å². The fourth-order valence-electron chi connectivity index (χ4n) is 1.47. The minimum Gasteiger partial charge on any atom is -0.330 e. The number of carbonyl (C=O) groups is 1. The number of hydrogen-bond acceptors (Lipinski definition) is 1. The Morgan fingerprint density at radius 2 is 2.00 bits per heavy atom. The summed E-state index contributed by atoms with van der Waals surface area (Å²) in [6.07, 6.45) is 0. The molecule has 0 saturated carbocycles. The number of urea groups is 1. The second-order valence-electron chi connectivity index (χ2n) is 3.76. The molecule has 3 heteroatoms. The Bertz CT molecular complexity index is 347. The minimum atomic E-state index is 0.0168. The molecule has 0 unspecified atom stereocenters. The quantitative estimate of drug-likeness (QED) is 0.729. The summed E-state index contributed by atoms with van der Waals surface area (Å²) < 4.78 is 0.